The van der Waals surface area contributed by atoms with Crippen LogP contribution in [-0.4, -0.2) is 13.0 Å². The Morgan fingerprint density at radius 3 is 2.45 bits per heavy atom. The molecule has 0 saturated heterocycles. The minimum atomic E-state index is -4.13. The van der Waals surface area contributed by atoms with Crippen molar-refractivity contribution in [2.75, 3.05) is 5.73 Å². The van der Waals surface area contributed by atoms with Gasteiger partial charge in [0.25, 0.3) is 10.1 Å². The smallest absolute Gasteiger partial charge is 0.295 e. The maximum atomic E-state index is 10.4. The third-order valence-corrected chi connectivity index (χ3v) is 1.90. The van der Waals surface area contributed by atoms with Gasteiger partial charge in [-0.3, -0.25) is 4.55 Å². The van der Waals surface area contributed by atoms with Crippen LogP contribution >= 0.6 is 0 Å². The molecule has 3 N–H and O–H groups in total. The van der Waals surface area contributed by atoms with Crippen molar-refractivity contribution in [1.82, 2.24) is 0 Å². The molecule has 0 spiro atoms. The zero-order valence-corrected chi connectivity index (χ0v) is 6.30. The molecule has 1 rings (SSSR count). The van der Waals surface area contributed by atoms with E-state index >= 15 is 0 Å². The topological polar surface area (TPSA) is 80.4 Å². The second-order valence-electron chi connectivity index (χ2n) is 1.96. The molecule has 0 aromatic heterocycles. The summed E-state index contributed by atoms with van der Waals surface area (Å²) in [5.41, 5.74) is 5.66. The van der Waals surface area contributed by atoms with Crippen molar-refractivity contribution in [3.63, 3.8) is 0 Å². The summed E-state index contributed by atoms with van der Waals surface area (Å²) in [4.78, 5) is -0.272. The van der Waals surface area contributed by atoms with Crippen LogP contribution in [-0.2, 0) is 10.1 Å². The summed E-state index contributed by atoms with van der Waals surface area (Å²) in [5.74, 6) is 0. The summed E-state index contributed by atoms with van der Waals surface area (Å²) in [6.45, 7) is 0. The molecule has 0 saturated carbocycles. The summed E-state index contributed by atoms with van der Waals surface area (Å²) in [6.07, 6.45) is 0. The minimum absolute atomic E-state index is 0.272. The van der Waals surface area contributed by atoms with Crippen LogP contribution in [0.25, 0.3) is 0 Å². The van der Waals surface area contributed by atoms with Crippen LogP contribution in [0.4, 0.5) is 5.69 Å². The van der Waals surface area contributed by atoms with E-state index < -0.39 is 10.1 Å². The second-order valence-corrected chi connectivity index (χ2v) is 3.35. The number of hydrogen-bond donors (Lipinski definition) is 2. The monoisotopic (exact) mass is 172 g/mol. The van der Waals surface area contributed by atoms with Crippen LogP contribution in [0.3, 0.4) is 0 Å². The molecule has 0 unspecified atom stereocenters. The molecule has 1 radical (unpaired) electrons. The van der Waals surface area contributed by atoms with Gasteiger partial charge < -0.3 is 5.73 Å². The number of benzene rings is 1. The Morgan fingerprint density at radius 2 is 2.09 bits per heavy atom. The third kappa shape index (κ3) is 1.92. The van der Waals surface area contributed by atoms with Crippen LogP contribution in [0.1, 0.15) is 0 Å². The lowest BCUT2D eigenvalue weighted by Gasteiger charge is -1.94. The Balaban J connectivity index is 3.20. The van der Waals surface area contributed by atoms with Crippen molar-refractivity contribution >= 4 is 15.8 Å². The zero-order chi connectivity index (χ0) is 8.48. The first-order chi connectivity index (χ1) is 5.00. The van der Waals surface area contributed by atoms with Crippen molar-refractivity contribution in [2.24, 2.45) is 0 Å². The Kier molecular flexibility index (Phi) is 1.84. The lowest BCUT2D eigenvalue weighted by molar-refractivity contribution is 0.483. The van der Waals surface area contributed by atoms with Gasteiger partial charge in [-0.1, -0.05) is 0 Å². The molecular formula is C6H6NO3S. The fraction of sp³-hybridized carbons (Fsp3) is 0. The van der Waals surface area contributed by atoms with Gasteiger partial charge in [-0.15, -0.1) is 0 Å². The molecule has 1 aromatic carbocycles. The Morgan fingerprint density at radius 1 is 1.45 bits per heavy atom. The standard InChI is InChI=1S/C6H6NO3S/c7-5-1-3-6(4-2-5)11(8,9)10/h1-3H,7H2,(H,8,9,10). The average Bonchev–Trinajstić information content (AvgIpc) is 1.86. The number of anilines is 1. The van der Waals surface area contributed by atoms with Gasteiger partial charge >= 0.3 is 0 Å². The summed E-state index contributed by atoms with van der Waals surface area (Å²) in [7, 11) is -4.13. The number of nitrogens with two attached hydrogens (primary N) is 1. The van der Waals surface area contributed by atoms with Crippen molar-refractivity contribution in [3.05, 3.63) is 24.3 Å². The quantitative estimate of drug-likeness (QED) is 0.472. The van der Waals surface area contributed by atoms with E-state index in [0.29, 0.717) is 5.69 Å². The van der Waals surface area contributed by atoms with E-state index in [2.05, 4.69) is 6.07 Å². The molecule has 0 aliphatic heterocycles. The number of nitrogen functional groups attached to an aromatic ring is 1. The SMILES string of the molecule is Nc1c[c]c(S(=O)(=O)O)cc1. The van der Waals surface area contributed by atoms with Crippen LogP contribution < -0.4 is 5.73 Å². The highest BCUT2D eigenvalue weighted by molar-refractivity contribution is 7.85. The Labute approximate surface area is 64.4 Å². The highest BCUT2D eigenvalue weighted by atomic mass is 32.2. The van der Waals surface area contributed by atoms with E-state index in [-0.39, 0.29) is 4.90 Å². The molecule has 0 bridgehead atoms. The van der Waals surface area contributed by atoms with Crippen molar-refractivity contribution in [1.29, 1.82) is 0 Å². The van der Waals surface area contributed by atoms with Gasteiger partial charge in [0.05, 0.1) is 0 Å². The third-order valence-electron chi connectivity index (χ3n) is 1.09. The zero-order valence-electron chi connectivity index (χ0n) is 5.48. The van der Waals surface area contributed by atoms with E-state index in [9.17, 15) is 8.42 Å². The Bertz CT molecular complexity index is 341. The summed E-state index contributed by atoms with van der Waals surface area (Å²) in [5, 5.41) is 0. The molecule has 0 aliphatic rings. The van der Waals surface area contributed by atoms with Crippen LogP contribution in [0.2, 0.25) is 0 Å². The molecule has 0 atom stereocenters. The van der Waals surface area contributed by atoms with Crippen molar-refractivity contribution in [3.8, 4) is 0 Å². The second kappa shape index (κ2) is 2.52. The van der Waals surface area contributed by atoms with Crippen molar-refractivity contribution < 1.29 is 13.0 Å². The normalized spacial score (nSPS) is 11.4. The van der Waals surface area contributed by atoms with E-state index in [1.165, 1.54) is 18.2 Å². The van der Waals surface area contributed by atoms with Gasteiger partial charge in [-0.25, -0.2) is 0 Å². The predicted octanol–water partition coefficient (Wildman–Crippen LogP) is 0.316. The van der Waals surface area contributed by atoms with Crippen LogP contribution in [0, 0.1) is 6.07 Å². The summed E-state index contributed by atoms with van der Waals surface area (Å²) >= 11 is 0. The lowest BCUT2D eigenvalue weighted by atomic mass is 10.3. The average molecular weight is 172 g/mol. The molecule has 0 aliphatic carbocycles. The maximum Gasteiger partial charge on any atom is 0.295 e. The van der Waals surface area contributed by atoms with Crippen LogP contribution in [0.15, 0.2) is 23.1 Å². The van der Waals surface area contributed by atoms with E-state index in [0.717, 1.165) is 0 Å². The molecule has 1 aromatic rings. The van der Waals surface area contributed by atoms with E-state index in [4.69, 9.17) is 10.3 Å². The first kappa shape index (κ1) is 8.03. The molecule has 11 heavy (non-hydrogen) atoms. The van der Waals surface area contributed by atoms with E-state index in [1.54, 1.807) is 0 Å². The fourth-order valence-electron chi connectivity index (χ4n) is 0.583. The minimum Gasteiger partial charge on any atom is -0.399 e. The first-order valence-corrected chi connectivity index (χ1v) is 4.19. The van der Waals surface area contributed by atoms with E-state index in [1.807, 2.05) is 0 Å². The maximum absolute atomic E-state index is 10.4. The first-order valence-electron chi connectivity index (χ1n) is 2.75. The largest absolute Gasteiger partial charge is 0.399 e. The molecule has 0 heterocycles. The lowest BCUT2D eigenvalue weighted by Crippen LogP contribution is -1.98. The van der Waals surface area contributed by atoms with Gasteiger partial charge in [0.1, 0.15) is 4.90 Å². The van der Waals surface area contributed by atoms with Gasteiger partial charge in [0, 0.05) is 11.8 Å². The van der Waals surface area contributed by atoms with Gasteiger partial charge in [-0.2, -0.15) is 8.42 Å². The fourth-order valence-corrected chi connectivity index (χ4v) is 1.03. The molecule has 4 nitrogen and oxygen atoms in total. The highest BCUT2D eigenvalue weighted by Gasteiger charge is 2.07. The summed E-state index contributed by atoms with van der Waals surface area (Å²) < 4.78 is 29.3. The van der Waals surface area contributed by atoms with Gasteiger partial charge in [0.2, 0.25) is 0 Å². The molecule has 0 fully saturated rings. The number of hydrogen-bond acceptors (Lipinski definition) is 3. The summed E-state index contributed by atoms with van der Waals surface area (Å²) in [6, 6.07) is 6.15. The molecule has 5 heteroatoms. The van der Waals surface area contributed by atoms with Crippen molar-refractivity contribution in [2.45, 2.75) is 4.90 Å². The molecular weight excluding hydrogens is 166 g/mol. The highest BCUT2D eigenvalue weighted by Crippen LogP contribution is 2.09. The number of rotatable bonds is 1. The van der Waals surface area contributed by atoms with Gasteiger partial charge in [-0.05, 0) is 18.2 Å². The molecule has 0 amide bonds. The predicted molar refractivity (Wildman–Crippen MR) is 39.5 cm³/mol. The van der Waals surface area contributed by atoms with Crippen LogP contribution in [0.5, 0.6) is 0 Å². The molecule has 59 valence electrons. The van der Waals surface area contributed by atoms with Gasteiger partial charge in [0.15, 0.2) is 0 Å². The Hall–Kier alpha value is -1.07.